The molecule has 0 unspecified atom stereocenters. The van der Waals surface area contributed by atoms with Crippen molar-refractivity contribution < 1.29 is 4.39 Å². The van der Waals surface area contributed by atoms with E-state index in [1.54, 1.807) is 12.1 Å². The molecule has 2 aliphatic carbocycles. The molecule has 2 aliphatic rings. The number of rotatable bonds is 5. The lowest BCUT2D eigenvalue weighted by Crippen LogP contribution is -2.30. The van der Waals surface area contributed by atoms with Crippen LogP contribution in [0.2, 0.25) is 0 Å². The molecular formula is C14H19FN2. The SMILES string of the molecule is NCc1cccc(F)c1N(CC1CC1)C1CC1. The molecule has 0 atom stereocenters. The summed E-state index contributed by atoms with van der Waals surface area (Å²) in [4.78, 5) is 2.27. The number of benzene rings is 1. The lowest BCUT2D eigenvalue weighted by atomic mass is 10.1. The largest absolute Gasteiger partial charge is 0.366 e. The van der Waals surface area contributed by atoms with Crippen LogP contribution in [0.15, 0.2) is 18.2 Å². The van der Waals surface area contributed by atoms with Crippen molar-refractivity contribution in [2.24, 2.45) is 11.7 Å². The third-order valence-electron chi connectivity index (χ3n) is 3.72. The zero-order valence-corrected chi connectivity index (χ0v) is 10.0. The maximum atomic E-state index is 14.0. The van der Waals surface area contributed by atoms with Crippen LogP contribution in [0.4, 0.5) is 10.1 Å². The summed E-state index contributed by atoms with van der Waals surface area (Å²) >= 11 is 0. The minimum absolute atomic E-state index is 0.111. The Balaban J connectivity index is 1.92. The fraction of sp³-hybridized carbons (Fsp3) is 0.571. The molecule has 0 heterocycles. The van der Waals surface area contributed by atoms with Crippen molar-refractivity contribution in [1.82, 2.24) is 0 Å². The zero-order valence-electron chi connectivity index (χ0n) is 10.0. The van der Waals surface area contributed by atoms with Gasteiger partial charge in [0, 0.05) is 19.1 Å². The van der Waals surface area contributed by atoms with Gasteiger partial charge in [0.05, 0.1) is 5.69 Å². The van der Waals surface area contributed by atoms with E-state index < -0.39 is 0 Å². The van der Waals surface area contributed by atoms with Crippen molar-refractivity contribution >= 4 is 5.69 Å². The molecular weight excluding hydrogens is 215 g/mol. The number of para-hydroxylation sites is 1. The van der Waals surface area contributed by atoms with Gasteiger partial charge in [0.1, 0.15) is 5.82 Å². The van der Waals surface area contributed by atoms with Gasteiger partial charge in [-0.25, -0.2) is 4.39 Å². The molecule has 0 aliphatic heterocycles. The van der Waals surface area contributed by atoms with Crippen LogP contribution in [0.5, 0.6) is 0 Å². The van der Waals surface area contributed by atoms with Gasteiger partial charge < -0.3 is 10.6 Å². The zero-order chi connectivity index (χ0) is 11.8. The standard InChI is InChI=1S/C14H19FN2/c15-13-3-1-2-11(8-16)14(13)17(12-6-7-12)9-10-4-5-10/h1-3,10,12H,4-9,16H2. The van der Waals surface area contributed by atoms with Crippen LogP contribution in [0.3, 0.4) is 0 Å². The average Bonchev–Trinajstić information content (AvgIpc) is 3.17. The number of hydrogen-bond acceptors (Lipinski definition) is 2. The van der Waals surface area contributed by atoms with Crippen LogP contribution < -0.4 is 10.6 Å². The van der Waals surface area contributed by atoms with E-state index in [2.05, 4.69) is 4.90 Å². The predicted octanol–water partition coefficient (Wildman–Crippen LogP) is 2.66. The maximum Gasteiger partial charge on any atom is 0.146 e. The Morgan fingerprint density at radius 2 is 2.00 bits per heavy atom. The predicted molar refractivity (Wildman–Crippen MR) is 67.4 cm³/mol. The molecule has 2 N–H and O–H groups in total. The first-order chi connectivity index (χ1) is 8.29. The summed E-state index contributed by atoms with van der Waals surface area (Å²) < 4.78 is 14.0. The van der Waals surface area contributed by atoms with Gasteiger partial charge in [-0.3, -0.25) is 0 Å². The molecule has 2 nitrogen and oxygen atoms in total. The Hall–Kier alpha value is -1.09. The molecule has 0 radical (unpaired) electrons. The highest BCUT2D eigenvalue weighted by Crippen LogP contribution is 2.39. The van der Waals surface area contributed by atoms with Crippen LogP contribution in [0.25, 0.3) is 0 Å². The summed E-state index contributed by atoms with van der Waals surface area (Å²) in [5.41, 5.74) is 7.44. The van der Waals surface area contributed by atoms with Crippen molar-refractivity contribution in [2.45, 2.75) is 38.3 Å². The van der Waals surface area contributed by atoms with Crippen molar-refractivity contribution in [1.29, 1.82) is 0 Å². The first kappa shape index (κ1) is 11.0. The van der Waals surface area contributed by atoms with Crippen molar-refractivity contribution in [3.8, 4) is 0 Å². The van der Waals surface area contributed by atoms with E-state index in [1.165, 1.54) is 25.7 Å². The summed E-state index contributed by atoms with van der Waals surface area (Å²) in [5.74, 6) is 0.668. The van der Waals surface area contributed by atoms with Crippen molar-refractivity contribution in [2.75, 3.05) is 11.4 Å². The first-order valence-electron chi connectivity index (χ1n) is 6.53. The first-order valence-corrected chi connectivity index (χ1v) is 6.53. The van der Waals surface area contributed by atoms with Gasteiger partial charge in [-0.1, -0.05) is 12.1 Å². The summed E-state index contributed by atoms with van der Waals surface area (Å²) in [5, 5.41) is 0. The second-order valence-electron chi connectivity index (χ2n) is 5.28. The number of nitrogens with two attached hydrogens (primary N) is 1. The molecule has 0 saturated heterocycles. The fourth-order valence-electron chi connectivity index (χ4n) is 2.43. The Morgan fingerprint density at radius 1 is 1.24 bits per heavy atom. The summed E-state index contributed by atoms with van der Waals surface area (Å²) in [7, 11) is 0. The molecule has 2 saturated carbocycles. The maximum absolute atomic E-state index is 14.0. The molecule has 92 valence electrons. The molecule has 0 amide bonds. The molecule has 1 aromatic carbocycles. The van der Waals surface area contributed by atoms with E-state index in [0.717, 1.165) is 23.7 Å². The van der Waals surface area contributed by atoms with Crippen molar-refractivity contribution in [3.63, 3.8) is 0 Å². The van der Waals surface area contributed by atoms with Gasteiger partial charge in [0.2, 0.25) is 0 Å². The van der Waals surface area contributed by atoms with Gasteiger partial charge in [-0.15, -0.1) is 0 Å². The van der Waals surface area contributed by atoms with Crippen LogP contribution in [-0.2, 0) is 6.54 Å². The quantitative estimate of drug-likeness (QED) is 0.848. The highest BCUT2D eigenvalue weighted by Gasteiger charge is 2.35. The van der Waals surface area contributed by atoms with Crippen molar-refractivity contribution in [3.05, 3.63) is 29.6 Å². The smallest absolute Gasteiger partial charge is 0.146 e. The minimum atomic E-state index is -0.111. The number of nitrogens with zero attached hydrogens (tertiary/aromatic N) is 1. The Kier molecular flexibility index (Phi) is 2.79. The molecule has 2 fully saturated rings. The average molecular weight is 234 g/mol. The molecule has 0 spiro atoms. The molecule has 1 aromatic rings. The molecule has 3 heteroatoms. The Bertz CT molecular complexity index is 411. The summed E-state index contributed by atoms with van der Waals surface area (Å²) in [6, 6.07) is 5.80. The van der Waals surface area contributed by atoms with Gasteiger partial charge in [0.15, 0.2) is 0 Å². The van der Waals surface area contributed by atoms with Crippen LogP contribution in [0.1, 0.15) is 31.2 Å². The van der Waals surface area contributed by atoms with E-state index in [0.29, 0.717) is 12.6 Å². The summed E-state index contributed by atoms with van der Waals surface area (Å²) in [6.07, 6.45) is 5.00. The van der Waals surface area contributed by atoms with Crippen LogP contribution in [-0.4, -0.2) is 12.6 Å². The Morgan fingerprint density at radius 3 is 2.59 bits per heavy atom. The van der Waals surface area contributed by atoms with E-state index in [-0.39, 0.29) is 5.82 Å². The number of halogens is 1. The van der Waals surface area contributed by atoms with Gasteiger partial charge >= 0.3 is 0 Å². The van der Waals surface area contributed by atoms with Gasteiger partial charge in [-0.05, 0) is 43.2 Å². The number of hydrogen-bond donors (Lipinski definition) is 1. The third-order valence-corrected chi connectivity index (χ3v) is 3.72. The highest BCUT2D eigenvalue weighted by molar-refractivity contribution is 5.56. The highest BCUT2D eigenvalue weighted by atomic mass is 19.1. The second-order valence-corrected chi connectivity index (χ2v) is 5.28. The Labute approximate surface area is 102 Å². The molecule has 0 bridgehead atoms. The lowest BCUT2D eigenvalue weighted by molar-refractivity contribution is 0.605. The van der Waals surface area contributed by atoms with Crippen LogP contribution in [0, 0.1) is 11.7 Å². The normalized spacial score (nSPS) is 19.4. The van der Waals surface area contributed by atoms with E-state index in [4.69, 9.17) is 5.73 Å². The fourth-order valence-corrected chi connectivity index (χ4v) is 2.43. The monoisotopic (exact) mass is 234 g/mol. The van der Waals surface area contributed by atoms with E-state index >= 15 is 0 Å². The summed E-state index contributed by atoms with van der Waals surface area (Å²) in [6.45, 7) is 1.43. The van der Waals surface area contributed by atoms with E-state index in [9.17, 15) is 4.39 Å². The second kappa shape index (κ2) is 4.30. The lowest BCUT2D eigenvalue weighted by Gasteiger charge is -2.27. The van der Waals surface area contributed by atoms with E-state index in [1.807, 2.05) is 6.07 Å². The minimum Gasteiger partial charge on any atom is -0.366 e. The molecule has 0 aromatic heterocycles. The molecule has 3 rings (SSSR count). The molecule has 17 heavy (non-hydrogen) atoms. The van der Waals surface area contributed by atoms with Gasteiger partial charge in [0.25, 0.3) is 0 Å². The van der Waals surface area contributed by atoms with Gasteiger partial charge in [-0.2, -0.15) is 0 Å². The topological polar surface area (TPSA) is 29.3 Å². The number of anilines is 1. The third kappa shape index (κ3) is 2.29. The van der Waals surface area contributed by atoms with Crippen LogP contribution >= 0.6 is 0 Å².